The average molecular weight is 450 g/mol. The van der Waals surface area contributed by atoms with Crippen LogP contribution in [-0.4, -0.2) is 86.3 Å². The second-order valence-corrected chi connectivity index (χ2v) is 10.8. The van der Waals surface area contributed by atoms with Gasteiger partial charge in [-0.1, -0.05) is 0 Å². The lowest BCUT2D eigenvalue weighted by Gasteiger charge is -2.34. The molecule has 1 N–H and O–H groups in total. The molecule has 4 aliphatic rings. The van der Waals surface area contributed by atoms with Crippen molar-refractivity contribution >= 4 is 44.5 Å². The van der Waals surface area contributed by atoms with E-state index < -0.39 is 10.0 Å². The Bertz CT molecular complexity index is 1030. The summed E-state index contributed by atoms with van der Waals surface area (Å²) in [5, 5.41) is 3.45. The molecule has 1 saturated carbocycles. The molecule has 0 atom stereocenters. The Labute approximate surface area is 179 Å². The molecule has 11 heteroatoms. The van der Waals surface area contributed by atoms with Gasteiger partial charge in [-0.15, -0.1) is 4.40 Å². The van der Waals surface area contributed by atoms with Gasteiger partial charge in [-0.2, -0.15) is 0 Å². The van der Waals surface area contributed by atoms with Crippen molar-refractivity contribution in [2.45, 2.75) is 23.8 Å². The van der Waals surface area contributed by atoms with Gasteiger partial charge in [0.1, 0.15) is 0 Å². The third kappa shape index (κ3) is 4.06. The summed E-state index contributed by atoms with van der Waals surface area (Å²) >= 11 is 1.29. The van der Waals surface area contributed by atoms with E-state index in [2.05, 4.69) is 14.6 Å². The van der Waals surface area contributed by atoms with Crippen LogP contribution in [0.15, 0.2) is 27.5 Å². The van der Waals surface area contributed by atoms with Gasteiger partial charge >= 0.3 is 0 Å². The van der Waals surface area contributed by atoms with Gasteiger partial charge < -0.3 is 15.1 Å². The molecule has 5 rings (SSSR count). The molecule has 1 aliphatic carbocycles. The predicted molar refractivity (Wildman–Crippen MR) is 114 cm³/mol. The third-order valence-corrected chi connectivity index (χ3v) is 8.00. The zero-order valence-corrected chi connectivity index (χ0v) is 18.0. The molecule has 160 valence electrons. The first kappa shape index (κ1) is 19.8. The first-order valence-electron chi connectivity index (χ1n) is 10.1. The summed E-state index contributed by atoms with van der Waals surface area (Å²) in [5.74, 6) is 0.0226. The van der Waals surface area contributed by atoms with E-state index in [4.69, 9.17) is 0 Å². The van der Waals surface area contributed by atoms with Crippen molar-refractivity contribution in [3.63, 3.8) is 0 Å². The lowest BCUT2D eigenvalue weighted by atomic mass is 10.1. The minimum Gasteiger partial charge on any atom is -0.352 e. The van der Waals surface area contributed by atoms with Crippen molar-refractivity contribution in [3.05, 3.63) is 23.8 Å². The number of nitrogens with one attached hydrogen (secondary N) is 1. The molecule has 1 saturated heterocycles. The Balaban J connectivity index is 1.21. The van der Waals surface area contributed by atoms with Crippen molar-refractivity contribution in [3.8, 4) is 0 Å². The highest BCUT2D eigenvalue weighted by Crippen LogP contribution is 2.42. The maximum absolute atomic E-state index is 13.0. The molecule has 1 aromatic rings. The summed E-state index contributed by atoms with van der Waals surface area (Å²) < 4.78 is 27.4. The fourth-order valence-corrected chi connectivity index (χ4v) is 6.16. The topological polar surface area (TPSA) is 102 Å². The van der Waals surface area contributed by atoms with Crippen LogP contribution in [0.2, 0.25) is 0 Å². The average Bonchev–Trinajstić information content (AvgIpc) is 3.45. The number of nitrogens with zero attached hydrogens (tertiary/aromatic N) is 4. The molecule has 2 amide bonds. The first-order valence-corrected chi connectivity index (χ1v) is 12.5. The van der Waals surface area contributed by atoms with E-state index in [-0.39, 0.29) is 17.6 Å². The molecule has 3 heterocycles. The molecular weight excluding hydrogens is 426 g/mol. The Kier molecular flexibility index (Phi) is 4.98. The Hall–Kier alpha value is -2.11. The highest BCUT2D eigenvalue weighted by molar-refractivity contribution is 8.15. The summed E-state index contributed by atoms with van der Waals surface area (Å²) in [5.41, 5.74) is 1.49. The lowest BCUT2D eigenvalue weighted by molar-refractivity contribution is -0.122. The van der Waals surface area contributed by atoms with Crippen LogP contribution in [0.1, 0.15) is 23.2 Å². The van der Waals surface area contributed by atoms with Gasteiger partial charge in [0.05, 0.1) is 18.0 Å². The molecule has 0 unspecified atom stereocenters. The van der Waals surface area contributed by atoms with Gasteiger partial charge in [0.15, 0.2) is 5.17 Å². The molecule has 0 radical (unpaired) electrons. The van der Waals surface area contributed by atoms with E-state index in [9.17, 15) is 18.0 Å². The number of amides is 2. The molecule has 2 fully saturated rings. The fraction of sp³-hybridized carbons (Fsp3) is 0.526. The third-order valence-electron chi connectivity index (χ3n) is 5.69. The maximum Gasteiger partial charge on any atom is 0.257 e. The maximum atomic E-state index is 13.0. The Morgan fingerprint density at radius 2 is 1.90 bits per heavy atom. The van der Waals surface area contributed by atoms with Crippen molar-refractivity contribution in [1.82, 2.24) is 15.1 Å². The number of amidine groups is 1. The summed E-state index contributed by atoms with van der Waals surface area (Å²) in [4.78, 5) is 31.6. The highest BCUT2D eigenvalue weighted by atomic mass is 32.2. The van der Waals surface area contributed by atoms with Crippen LogP contribution in [0.25, 0.3) is 0 Å². The standard InChI is InChI=1S/C19H23N5O4S2/c25-17(20-14-2-3-14)12-22-5-7-23(8-6-22)18(26)13-1-4-15-16(11-13)29-19-21-30(27,28)10-9-24(15)19/h1,4,11,14H,2-3,5-10,12H2,(H,20,25). The van der Waals surface area contributed by atoms with E-state index in [1.54, 1.807) is 6.07 Å². The van der Waals surface area contributed by atoms with Gasteiger partial charge in [0.25, 0.3) is 15.9 Å². The molecular formula is C19H23N5O4S2. The smallest absolute Gasteiger partial charge is 0.257 e. The van der Waals surface area contributed by atoms with E-state index in [0.29, 0.717) is 56.0 Å². The number of thioether (sulfide) groups is 1. The second kappa shape index (κ2) is 7.54. The van der Waals surface area contributed by atoms with Gasteiger partial charge in [-0.3, -0.25) is 14.5 Å². The fourth-order valence-electron chi connectivity index (χ4n) is 3.86. The first-order chi connectivity index (χ1) is 14.4. The molecule has 30 heavy (non-hydrogen) atoms. The molecule has 1 aromatic carbocycles. The summed E-state index contributed by atoms with van der Waals surface area (Å²) in [6.07, 6.45) is 2.15. The van der Waals surface area contributed by atoms with Crippen LogP contribution in [0.3, 0.4) is 0 Å². The molecule has 0 bridgehead atoms. The normalized spacial score (nSPS) is 22.9. The second-order valence-electron chi connectivity index (χ2n) is 8.01. The monoisotopic (exact) mass is 449 g/mol. The van der Waals surface area contributed by atoms with Crippen LogP contribution in [-0.2, 0) is 14.8 Å². The van der Waals surface area contributed by atoms with Crippen molar-refractivity contribution in [2.75, 3.05) is 49.9 Å². The predicted octanol–water partition coefficient (Wildman–Crippen LogP) is 0.335. The summed E-state index contributed by atoms with van der Waals surface area (Å²) in [6, 6.07) is 5.85. The highest BCUT2D eigenvalue weighted by Gasteiger charge is 2.34. The number of carbonyl (C=O) groups excluding carboxylic acids is 2. The summed E-state index contributed by atoms with van der Waals surface area (Å²) in [7, 11) is -3.40. The molecule has 0 aromatic heterocycles. The summed E-state index contributed by atoms with van der Waals surface area (Å²) in [6.45, 7) is 3.27. The number of anilines is 1. The number of sulfonamides is 1. The van der Waals surface area contributed by atoms with Gasteiger partial charge in [0, 0.05) is 49.2 Å². The molecule has 9 nitrogen and oxygen atoms in total. The number of carbonyl (C=O) groups is 2. The van der Waals surface area contributed by atoms with Gasteiger partial charge in [0.2, 0.25) is 5.91 Å². The number of rotatable bonds is 4. The number of fused-ring (bicyclic) bond motifs is 3. The van der Waals surface area contributed by atoms with Crippen molar-refractivity contribution in [1.29, 1.82) is 0 Å². The SMILES string of the molecule is O=C(CN1CCN(C(=O)c2ccc3c(c2)SC2=NS(=O)(=O)CCN23)CC1)NC1CC1. The zero-order valence-electron chi connectivity index (χ0n) is 16.4. The zero-order chi connectivity index (χ0) is 20.9. The van der Waals surface area contributed by atoms with Gasteiger partial charge in [-0.25, -0.2) is 8.42 Å². The number of piperazine rings is 1. The molecule has 3 aliphatic heterocycles. The van der Waals surface area contributed by atoms with Crippen LogP contribution < -0.4 is 10.2 Å². The minimum absolute atomic E-state index is 0.000138. The van der Waals surface area contributed by atoms with E-state index in [0.717, 1.165) is 23.4 Å². The van der Waals surface area contributed by atoms with E-state index >= 15 is 0 Å². The largest absolute Gasteiger partial charge is 0.352 e. The minimum atomic E-state index is -3.40. The van der Waals surface area contributed by atoms with Crippen LogP contribution in [0.4, 0.5) is 5.69 Å². The number of benzene rings is 1. The van der Waals surface area contributed by atoms with Crippen LogP contribution in [0, 0.1) is 0 Å². The van der Waals surface area contributed by atoms with Crippen LogP contribution >= 0.6 is 11.8 Å². The number of hydrogen-bond acceptors (Lipinski definition) is 7. The van der Waals surface area contributed by atoms with Crippen LogP contribution in [0.5, 0.6) is 0 Å². The quantitative estimate of drug-likeness (QED) is 0.707. The Morgan fingerprint density at radius 3 is 2.63 bits per heavy atom. The molecule has 0 spiro atoms. The number of hydrogen-bond donors (Lipinski definition) is 1. The van der Waals surface area contributed by atoms with Crippen molar-refractivity contribution in [2.24, 2.45) is 4.40 Å². The van der Waals surface area contributed by atoms with E-state index in [1.165, 1.54) is 11.8 Å². The lowest BCUT2D eigenvalue weighted by Crippen LogP contribution is -2.51. The van der Waals surface area contributed by atoms with Gasteiger partial charge in [-0.05, 0) is 42.8 Å². The van der Waals surface area contributed by atoms with E-state index in [1.807, 2.05) is 21.9 Å². The Morgan fingerprint density at radius 1 is 1.13 bits per heavy atom. The van der Waals surface area contributed by atoms with Crippen molar-refractivity contribution < 1.29 is 18.0 Å².